The van der Waals surface area contributed by atoms with Crippen molar-refractivity contribution in [3.8, 4) is 0 Å². The summed E-state index contributed by atoms with van der Waals surface area (Å²) in [6.45, 7) is 5.61. The molecule has 1 rings (SSSR count). The van der Waals surface area contributed by atoms with Gasteiger partial charge in [0.1, 0.15) is 0 Å². The standard InChI is InChI=1S/C11H16N2O/c1-7(2)13-11-5-4-9(8(3)14)6-10(11)12/h4-7,13H,12H2,1-3H3. The summed E-state index contributed by atoms with van der Waals surface area (Å²) in [4.78, 5) is 11.1. The third-order valence-corrected chi connectivity index (χ3v) is 1.90. The monoisotopic (exact) mass is 192 g/mol. The van der Waals surface area contributed by atoms with Crippen molar-refractivity contribution in [1.82, 2.24) is 0 Å². The summed E-state index contributed by atoms with van der Waals surface area (Å²) < 4.78 is 0. The van der Waals surface area contributed by atoms with E-state index in [0.29, 0.717) is 17.3 Å². The van der Waals surface area contributed by atoms with E-state index in [9.17, 15) is 4.79 Å². The van der Waals surface area contributed by atoms with Crippen molar-refractivity contribution in [2.45, 2.75) is 26.8 Å². The third kappa shape index (κ3) is 2.49. The first-order valence-corrected chi connectivity index (χ1v) is 4.67. The van der Waals surface area contributed by atoms with Crippen molar-refractivity contribution in [2.75, 3.05) is 11.1 Å². The molecule has 0 amide bonds. The highest BCUT2D eigenvalue weighted by atomic mass is 16.1. The van der Waals surface area contributed by atoms with Crippen LogP contribution in [0.5, 0.6) is 0 Å². The summed E-state index contributed by atoms with van der Waals surface area (Å²) in [5, 5.41) is 3.20. The number of anilines is 2. The number of hydrogen-bond acceptors (Lipinski definition) is 3. The van der Waals surface area contributed by atoms with Crippen molar-refractivity contribution >= 4 is 17.2 Å². The summed E-state index contributed by atoms with van der Waals surface area (Å²) in [6.07, 6.45) is 0. The quantitative estimate of drug-likeness (QED) is 0.570. The van der Waals surface area contributed by atoms with Gasteiger partial charge in [-0.15, -0.1) is 0 Å². The van der Waals surface area contributed by atoms with E-state index in [1.54, 1.807) is 12.1 Å². The summed E-state index contributed by atoms with van der Waals surface area (Å²) in [6, 6.07) is 5.66. The van der Waals surface area contributed by atoms with Gasteiger partial charge in [0.2, 0.25) is 0 Å². The van der Waals surface area contributed by atoms with Gasteiger partial charge in [0.05, 0.1) is 11.4 Å². The van der Waals surface area contributed by atoms with Crippen molar-refractivity contribution in [3.63, 3.8) is 0 Å². The molecule has 0 saturated carbocycles. The maximum absolute atomic E-state index is 11.1. The first kappa shape index (κ1) is 10.6. The Bertz CT molecular complexity index is 345. The van der Waals surface area contributed by atoms with Crippen LogP contribution in [0, 0.1) is 0 Å². The van der Waals surface area contributed by atoms with Crippen LogP contribution in [0.1, 0.15) is 31.1 Å². The highest BCUT2D eigenvalue weighted by molar-refractivity contribution is 5.95. The largest absolute Gasteiger partial charge is 0.397 e. The number of ketones is 1. The smallest absolute Gasteiger partial charge is 0.159 e. The fourth-order valence-electron chi connectivity index (χ4n) is 1.22. The van der Waals surface area contributed by atoms with Crippen molar-refractivity contribution < 1.29 is 4.79 Å². The predicted molar refractivity (Wildman–Crippen MR) is 59.6 cm³/mol. The fourth-order valence-corrected chi connectivity index (χ4v) is 1.22. The molecule has 1 aromatic carbocycles. The lowest BCUT2D eigenvalue weighted by atomic mass is 10.1. The van der Waals surface area contributed by atoms with Crippen molar-refractivity contribution in [2.24, 2.45) is 0 Å². The second-order valence-corrected chi connectivity index (χ2v) is 3.66. The van der Waals surface area contributed by atoms with Crippen LogP contribution in [0.3, 0.4) is 0 Å². The average molecular weight is 192 g/mol. The minimum atomic E-state index is 0.0350. The molecule has 0 saturated heterocycles. The van der Waals surface area contributed by atoms with Gasteiger partial charge < -0.3 is 11.1 Å². The van der Waals surface area contributed by atoms with Crippen LogP contribution in [0.4, 0.5) is 11.4 Å². The molecule has 0 aromatic heterocycles. The lowest BCUT2D eigenvalue weighted by molar-refractivity contribution is 0.101. The van der Waals surface area contributed by atoms with E-state index in [4.69, 9.17) is 5.73 Å². The number of Topliss-reactive ketones (excluding diaryl/α,β-unsaturated/α-hetero) is 1. The number of nitrogen functional groups attached to an aromatic ring is 1. The van der Waals surface area contributed by atoms with E-state index in [0.717, 1.165) is 5.69 Å². The van der Waals surface area contributed by atoms with Crippen molar-refractivity contribution in [3.05, 3.63) is 23.8 Å². The molecular weight excluding hydrogens is 176 g/mol. The Morgan fingerprint density at radius 1 is 1.43 bits per heavy atom. The number of carbonyl (C=O) groups excluding carboxylic acids is 1. The van der Waals surface area contributed by atoms with Gasteiger partial charge in [-0.25, -0.2) is 0 Å². The zero-order valence-electron chi connectivity index (χ0n) is 8.79. The number of nitrogens with one attached hydrogen (secondary N) is 1. The highest BCUT2D eigenvalue weighted by Gasteiger charge is 2.04. The lowest BCUT2D eigenvalue weighted by Gasteiger charge is -2.12. The molecule has 0 aliphatic carbocycles. The van der Waals surface area contributed by atoms with Gasteiger partial charge in [-0.3, -0.25) is 4.79 Å². The number of carbonyl (C=O) groups is 1. The van der Waals surface area contributed by atoms with Crippen molar-refractivity contribution in [1.29, 1.82) is 0 Å². The van der Waals surface area contributed by atoms with Crippen LogP contribution in [0.15, 0.2) is 18.2 Å². The molecule has 0 bridgehead atoms. The Labute approximate surface area is 84.3 Å². The molecule has 1 aromatic rings. The van der Waals surface area contributed by atoms with Gasteiger partial charge >= 0.3 is 0 Å². The molecule has 0 fully saturated rings. The van der Waals surface area contributed by atoms with Gasteiger partial charge in [-0.2, -0.15) is 0 Å². The molecule has 0 unspecified atom stereocenters. The van der Waals surface area contributed by atoms with Crippen LogP contribution in [-0.2, 0) is 0 Å². The molecule has 76 valence electrons. The molecular formula is C11H16N2O. The topological polar surface area (TPSA) is 55.1 Å². The molecule has 0 spiro atoms. The van der Waals surface area contributed by atoms with E-state index >= 15 is 0 Å². The number of benzene rings is 1. The first-order chi connectivity index (χ1) is 6.50. The van der Waals surface area contributed by atoms with Crippen LogP contribution in [-0.4, -0.2) is 11.8 Å². The predicted octanol–water partition coefficient (Wildman–Crippen LogP) is 2.29. The van der Waals surface area contributed by atoms with Gasteiger partial charge in [0.25, 0.3) is 0 Å². The fraction of sp³-hybridized carbons (Fsp3) is 0.364. The number of rotatable bonds is 3. The van der Waals surface area contributed by atoms with E-state index in [1.165, 1.54) is 6.92 Å². The van der Waals surface area contributed by atoms with Crippen LogP contribution < -0.4 is 11.1 Å². The summed E-state index contributed by atoms with van der Waals surface area (Å²) in [5.74, 6) is 0.0350. The second kappa shape index (κ2) is 4.13. The Balaban J connectivity index is 2.95. The Morgan fingerprint density at radius 3 is 2.50 bits per heavy atom. The second-order valence-electron chi connectivity index (χ2n) is 3.66. The minimum absolute atomic E-state index is 0.0350. The SMILES string of the molecule is CC(=O)c1ccc(NC(C)C)c(N)c1. The molecule has 3 nitrogen and oxygen atoms in total. The third-order valence-electron chi connectivity index (χ3n) is 1.90. The molecule has 0 radical (unpaired) electrons. The molecule has 0 aliphatic heterocycles. The van der Waals surface area contributed by atoms with Gasteiger partial charge in [-0.1, -0.05) is 0 Å². The normalized spacial score (nSPS) is 10.3. The average Bonchev–Trinajstić information content (AvgIpc) is 2.07. The van der Waals surface area contributed by atoms with E-state index in [1.807, 2.05) is 19.9 Å². The summed E-state index contributed by atoms with van der Waals surface area (Å²) >= 11 is 0. The van der Waals surface area contributed by atoms with Crippen LogP contribution in [0.2, 0.25) is 0 Å². The van der Waals surface area contributed by atoms with E-state index in [2.05, 4.69) is 5.32 Å². The molecule has 3 heteroatoms. The lowest BCUT2D eigenvalue weighted by Crippen LogP contribution is -2.11. The minimum Gasteiger partial charge on any atom is -0.397 e. The molecule has 0 heterocycles. The Morgan fingerprint density at radius 2 is 2.07 bits per heavy atom. The molecule has 3 N–H and O–H groups in total. The zero-order valence-corrected chi connectivity index (χ0v) is 8.79. The van der Waals surface area contributed by atoms with Crippen LogP contribution in [0.25, 0.3) is 0 Å². The zero-order chi connectivity index (χ0) is 10.7. The number of hydrogen-bond donors (Lipinski definition) is 2. The molecule has 14 heavy (non-hydrogen) atoms. The maximum Gasteiger partial charge on any atom is 0.159 e. The number of nitrogens with two attached hydrogens (primary N) is 1. The van der Waals surface area contributed by atoms with Gasteiger partial charge in [-0.05, 0) is 39.0 Å². The summed E-state index contributed by atoms with van der Waals surface area (Å²) in [7, 11) is 0. The maximum atomic E-state index is 11.1. The Kier molecular flexibility index (Phi) is 3.12. The van der Waals surface area contributed by atoms with E-state index in [-0.39, 0.29) is 5.78 Å². The molecule has 0 aliphatic rings. The Hall–Kier alpha value is -1.51. The highest BCUT2D eigenvalue weighted by Crippen LogP contribution is 2.20. The van der Waals surface area contributed by atoms with Gasteiger partial charge in [0, 0.05) is 11.6 Å². The first-order valence-electron chi connectivity index (χ1n) is 4.67. The summed E-state index contributed by atoms with van der Waals surface area (Å²) in [5.41, 5.74) is 7.94. The van der Waals surface area contributed by atoms with Crippen LogP contribution >= 0.6 is 0 Å². The molecule has 0 atom stereocenters. The van der Waals surface area contributed by atoms with Gasteiger partial charge in [0.15, 0.2) is 5.78 Å². The van der Waals surface area contributed by atoms with E-state index < -0.39 is 0 Å².